The fraction of sp³-hybridized carbons (Fsp3) is 0.308. The van der Waals surface area contributed by atoms with Crippen molar-refractivity contribution in [2.75, 3.05) is 13.1 Å². The molecule has 1 aromatic heterocycles. The summed E-state index contributed by atoms with van der Waals surface area (Å²) in [5, 5.41) is 1.29. The molecule has 0 spiro atoms. The van der Waals surface area contributed by atoms with Crippen LogP contribution in [0, 0.1) is 0 Å². The summed E-state index contributed by atoms with van der Waals surface area (Å²) >= 11 is 0. The third-order valence-corrected chi connectivity index (χ3v) is 3.39. The monoisotopic (exact) mass is 214 g/mol. The van der Waals surface area contributed by atoms with Crippen molar-refractivity contribution in [3.63, 3.8) is 0 Å². The Morgan fingerprint density at radius 3 is 2.88 bits per heavy atom. The van der Waals surface area contributed by atoms with E-state index in [-0.39, 0.29) is 5.91 Å². The molecule has 0 aliphatic carbocycles. The lowest BCUT2D eigenvalue weighted by molar-refractivity contribution is -0.133. The number of nitrogens with one attached hydrogen (secondary N) is 1. The number of aromatic amines is 1. The van der Waals surface area contributed by atoms with Crippen LogP contribution in [-0.2, 0) is 4.79 Å². The van der Waals surface area contributed by atoms with Crippen LogP contribution in [0.4, 0.5) is 0 Å². The number of aromatic nitrogens is 1. The number of hydrogen-bond donors (Lipinski definition) is 1. The summed E-state index contributed by atoms with van der Waals surface area (Å²) in [6.45, 7) is 3.35. The smallest absolute Gasteiger partial charge is 0.219 e. The molecule has 0 radical (unpaired) electrons. The molecule has 2 aromatic rings. The maximum absolute atomic E-state index is 11.1. The van der Waals surface area contributed by atoms with Gasteiger partial charge < -0.3 is 9.88 Å². The van der Waals surface area contributed by atoms with Crippen molar-refractivity contribution in [2.45, 2.75) is 12.8 Å². The van der Waals surface area contributed by atoms with Gasteiger partial charge >= 0.3 is 0 Å². The van der Waals surface area contributed by atoms with E-state index in [1.165, 1.54) is 16.5 Å². The Kier molecular flexibility index (Phi) is 1.99. The summed E-state index contributed by atoms with van der Waals surface area (Å²) in [4.78, 5) is 16.3. The maximum Gasteiger partial charge on any atom is 0.219 e. The second-order valence-corrected chi connectivity index (χ2v) is 4.41. The van der Waals surface area contributed by atoms with Crippen molar-refractivity contribution in [3.8, 4) is 0 Å². The van der Waals surface area contributed by atoms with Crippen molar-refractivity contribution in [3.05, 3.63) is 36.0 Å². The Morgan fingerprint density at radius 2 is 2.12 bits per heavy atom. The highest BCUT2D eigenvalue weighted by atomic mass is 16.2. The molecule has 0 saturated carbocycles. The predicted octanol–water partition coefficient (Wildman–Crippen LogP) is 2.11. The number of benzene rings is 1. The first-order valence-electron chi connectivity index (χ1n) is 5.57. The number of carbonyl (C=O) groups is 1. The molecular formula is C13H14N2O. The topological polar surface area (TPSA) is 36.1 Å². The number of nitrogens with zero attached hydrogens (tertiary/aromatic N) is 1. The lowest BCUT2D eigenvalue weighted by atomic mass is 9.91. The summed E-state index contributed by atoms with van der Waals surface area (Å²) in [7, 11) is 0. The number of carbonyl (C=O) groups excluding carboxylic acids is 1. The van der Waals surface area contributed by atoms with E-state index in [1.807, 2.05) is 11.0 Å². The number of para-hydroxylation sites is 1. The van der Waals surface area contributed by atoms with Crippen LogP contribution < -0.4 is 0 Å². The highest BCUT2D eigenvalue weighted by molar-refractivity contribution is 5.84. The standard InChI is InChI=1S/C13H14N2O/c1-9(16)15-7-10(8-15)12-6-14-13-5-3-2-4-11(12)13/h2-6,10,14H,7-8H2,1H3. The fourth-order valence-electron chi connectivity index (χ4n) is 2.36. The summed E-state index contributed by atoms with van der Waals surface area (Å²) < 4.78 is 0. The Labute approximate surface area is 94.1 Å². The molecule has 2 heterocycles. The van der Waals surface area contributed by atoms with Gasteiger partial charge in [-0.15, -0.1) is 0 Å². The van der Waals surface area contributed by atoms with Gasteiger partial charge in [0.25, 0.3) is 0 Å². The maximum atomic E-state index is 11.1. The molecule has 3 rings (SSSR count). The lowest BCUT2D eigenvalue weighted by Gasteiger charge is -2.38. The Hall–Kier alpha value is -1.77. The first-order valence-corrected chi connectivity index (χ1v) is 5.57. The van der Waals surface area contributed by atoms with Crippen LogP contribution in [0.25, 0.3) is 10.9 Å². The van der Waals surface area contributed by atoms with E-state index in [9.17, 15) is 4.79 Å². The van der Waals surface area contributed by atoms with Crippen LogP contribution in [-0.4, -0.2) is 28.9 Å². The van der Waals surface area contributed by atoms with Gasteiger partial charge in [0.1, 0.15) is 0 Å². The summed E-state index contributed by atoms with van der Waals surface area (Å²) in [6.07, 6.45) is 2.08. The minimum atomic E-state index is 0.177. The molecule has 3 nitrogen and oxygen atoms in total. The molecule has 1 saturated heterocycles. The predicted molar refractivity (Wildman–Crippen MR) is 63.3 cm³/mol. The molecule has 1 amide bonds. The second-order valence-electron chi connectivity index (χ2n) is 4.41. The molecule has 0 unspecified atom stereocenters. The number of hydrogen-bond acceptors (Lipinski definition) is 1. The van der Waals surface area contributed by atoms with Crippen LogP contribution in [0.3, 0.4) is 0 Å². The van der Waals surface area contributed by atoms with E-state index in [4.69, 9.17) is 0 Å². The van der Waals surface area contributed by atoms with E-state index in [1.54, 1.807) is 6.92 Å². The Bertz CT molecular complexity index is 538. The SMILES string of the molecule is CC(=O)N1CC(c2c[nH]c3ccccc23)C1. The normalized spacial score (nSPS) is 16.4. The van der Waals surface area contributed by atoms with Gasteiger partial charge in [-0.2, -0.15) is 0 Å². The third-order valence-electron chi connectivity index (χ3n) is 3.39. The van der Waals surface area contributed by atoms with Gasteiger partial charge in [0, 0.05) is 43.0 Å². The zero-order valence-corrected chi connectivity index (χ0v) is 9.23. The van der Waals surface area contributed by atoms with Gasteiger partial charge in [0.05, 0.1) is 0 Å². The molecule has 3 heteroatoms. The highest BCUT2D eigenvalue weighted by Gasteiger charge is 2.31. The summed E-state index contributed by atoms with van der Waals surface area (Å²) in [6, 6.07) is 8.31. The van der Waals surface area contributed by atoms with Gasteiger partial charge in [-0.05, 0) is 11.6 Å². The number of amides is 1. The molecule has 1 aliphatic heterocycles. The minimum absolute atomic E-state index is 0.177. The molecule has 0 atom stereocenters. The zero-order chi connectivity index (χ0) is 11.1. The molecular weight excluding hydrogens is 200 g/mol. The van der Waals surface area contributed by atoms with Crippen LogP contribution >= 0.6 is 0 Å². The molecule has 1 fully saturated rings. The highest BCUT2D eigenvalue weighted by Crippen LogP contribution is 2.32. The van der Waals surface area contributed by atoms with Crippen molar-refractivity contribution in [2.24, 2.45) is 0 Å². The first-order chi connectivity index (χ1) is 7.75. The van der Waals surface area contributed by atoms with Crippen molar-refractivity contribution in [1.29, 1.82) is 0 Å². The van der Waals surface area contributed by atoms with Crippen LogP contribution in [0.1, 0.15) is 18.4 Å². The van der Waals surface area contributed by atoms with Crippen molar-refractivity contribution >= 4 is 16.8 Å². The molecule has 1 aromatic carbocycles. The Morgan fingerprint density at radius 1 is 1.38 bits per heavy atom. The lowest BCUT2D eigenvalue weighted by Crippen LogP contribution is -2.47. The molecule has 1 N–H and O–H groups in total. The first kappa shape index (κ1) is 9.46. The fourth-order valence-corrected chi connectivity index (χ4v) is 2.36. The van der Waals surface area contributed by atoms with Crippen molar-refractivity contribution < 1.29 is 4.79 Å². The quantitative estimate of drug-likeness (QED) is 0.775. The van der Waals surface area contributed by atoms with E-state index in [0.29, 0.717) is 5.92 Å². The summed E-state index contributed by atoms with van der Waals surface area (Å²) in [5.74, 6) is 0.677. The van der Waals surface area contributed by atoms with Crippen LogP contribution in [0.15, 0.2) is 30.5 Å². The van der Waals surface area contributed by atoms with Crippen LogP contribution in [0.2, 0.25) is 0 Å². The number of H-pyrrole nitrogens is 1. The number of rotatable bonds is 1. The molecule has 82 valence electrons. The number of fused-ring (bicyclic) bond motifs is 1. The Balaban J connectivity index is 1.89. The number of likely N-dealkylation sites (tertiary alicyclic amines) is 1. The largest absolute Gasteiger partial charge is 0.361 e. The third kappa shape index (κ3) is 1.32. The van der Waals surface area contributed by atoms with Gasteiger partial charge in [-0.1, -0.05) is 18.2 Å². The molecule has 1 aliphatic rings. The molecule has 16 heavy (non-hydrogen) atoms. The molecule has 0 bridgehead atoms. The van der Waals surface area contributed by atoms with E-state index in [2.05, 4.69) is 29.4 Å². The van der Waals surface area contributed by atoms with Crippen LogP contribution in [0.5, 0.6) is 0 Å². The second kappa shape index (κ2) is 3.37. The van der Waals surface area contributed by atoms with Gasteiger partial charge in [0.2, 0.25) is 5.91 Å². The van der Waals surface area contributed by atoms with E-state index >= 15 is 0 Å². The van der Waals surface area contributed by atoms with Gasteiger partial charge in [-0.3, -0.25) is 4.79 Å². The van der Waals surface area contributed by atoms with E-state index in [0.717, 1.165) is 13.1 Å². The van der Waals surface area contributed by atoms with E-state index < -0.39 is 0 Å². The van der Waals surface area contributed by atoms with Gasteiger partial charge in [0.15, 0.2) is 0 Å². The average Bonchev–Trinajstić information content (AvgIpc) is 2.60. The van der Waals surface area contributed by atoms with Gasteiger partial charge in [-0.25, -0.2) is 0 Å². The average molecular weight is 214 g/mol. The zero-order valence-electron chi connectivity index (χ0n) is 9.23. The summed E-state index contributed by atoms with van der Waals surface area (Å²) in [5.41, 5.74) is 2.52. The van der Waals surface area contributed by atoms with Crippen molar-refractivity contribution in [1.82, 2.24) is 9.88 Å². The minimum Gasteiger partial charge on any atom is -0.361 e.